The fraction of sp³-hybridized carbons (Fsp3) is 0.750. The number of hydrogen-bond acceptors (Lipinski definition) is 4. The van der Waals surface area contributed by atoms with Gasteiger partial charge in [0.25, 0.3) is 0 Å². The minimum Gasteiger partial charge on any atom is -0.481 e. The summed E-state index contributed by atoms with van der Waals surface area (Å²) in [5, 5.41) is 13.7. The second-order valence-electron chi connectivity index (χ2n) is 11.5. The van der Waals surface area contributed by atoms with Crippen molar-refractivity contribution in [3.05, 3.63) is 35.9 Å². The number of carboxylic acid groups (broad SMARTS) is 1. The van der Waals surface area contributed by atoms with Gasteiger partial charge in [0.2, 0.25) is 0 Å². The second-order valence-corrected chi connectivity index (χ2v) is 11.5. The lowest BCUT2D eigenvalue weighted by atomic mass is 9.68. The predicted molar refractivity (Wildman–Crippen MR) is 130 cm³/mol. The van der Waals surface area contributed by atoms with Crippen molar-refractivity contribution in [3.63, 3.8) is 0 Å². The van der Waals surface area contributed by atoms with E-state index in [1.807, 2.05) is 0 Å². The van der Waals surface area contributed by atoms with Crippen LogP contribution in [0, 0.1) is 10.8 Å². The maximum absolute atomic E-state index is 11.9. The van der Waals surface area contributed by atoms with E-state index in [-0.39, 0.29) is 5.41 Å². The molecule has 1 heterocycles. The first kappa shape index (κ1) is 23.3. The lowest BCUT2D eigenvalue weighted by Crippen LogP contribution is -2.53. The van der Waals surface area contributed by atoms with Gasteiger partial charge in [0, 0.05) is 30.5 Å². The zero-order valence-electron chi connectivity index (χ0n) is 20.1. The van der Waals surface area contributed by atoms with Gasteiger partial charge in [0.1, 0.15) is 0 Å². The van der Waals surface area contributed by atoms with Crippen molar-refractivity contribution in [2.75, 3.05) is 32.8 Å². The molecule has 0 radical (unpaired) electrons. The summed E-state index contributed by atoms with van der Waals surface area (Å²) in [6, 6.07) is 11.5. The lowest BCUT2D eigenvalue weighted by Gasteiger charge is -2.47. The van der Waals surface area contributed by atoms with E-state index in [4.69, 9.17) is 4.74 Å². The molecule has 182 valence electrons. The van der Waals surface area contributed by atoms with E-state index in [2.05, 4.69) is 40.5 Å². The van der Waals surface area contributed by atoms with Gasteiger partial charge in [-0.1, -0.05) is 56.0 Å². The van der Waals surface area contributed by atoms with Crippen molar-refractivity contribution in [1.29, 1.82) is 0 Å². The number of hydrogen-bond donors (Lipinski definition) is 2. The predicted octanol–water partition coefficient (Wildman–Crippen LogP) is 4.82. The summed E-state index contributed by atoms with van der Waals surface area (Å²) in [5.41, 5.74) is 1.15. The van der Waals surface area contributed by atoms with Crippen LogP contribution in [0.1, 0.15) is 82.1 Å². The molecule has 0 spiro atoms. The first-order valence-corrected chi connectivity index (χ1v) is 13.4. The average Bonchev–Trinajstić information content (AvgIpc) is 3.61. The van der Waals surface area contributed by atoms with Crippen LogP contribution in [0.2, 0.25) is 0 Å². The number of carboxylic acids is 1. The van der Waals surface area contributed by atoms with Gasteiger partial charge in [-0.25, -0.2) is 0 Å². The highest BCUT2D eigenvalue weighted by atomic mass is 16.5. The number of likely N-dealkylation sites (tertiary alicyclic amines) is 1. The highest BCUT2D eigenvalue weighted by Crippen LogP contribution is 2.44. The Morgan fingerprint density at radius 1 is 1.03 bits per heavy atom. The molecule has 0 aromatic heterocycles. The van der Waals surface area contributed by atoms with Crippen LogP contribution >= 0.6 is 0 Å². The highest BCUT2D eigenvalue weighted by Gasteiger charge is 2.47. The summed E-state index contributed by atoms with van der Waals surface area (Å²) >= 11 is 0. The molecule has 33 heavy (non-hydrogen) atoms. The molecule has 4 aliphatic rings. The van der Waals surface area contributed by atoms with Gasteiger partial charge >= 0.3 is 5.97 Å². The van der Waals surface area contributed by atoms with Gasteiger partial charge < -0.3 is 20.1 Å². The highest BCUT2D eigenvalue weighted by molar-refractivity contribution is 5.76. The first-order valence-electron chi connectivity index (χ1n) is 13.4. The van der Waals surface area contributed by atoms with Crippen LogP contribution in [-0.2, 0) is 9.53 Å². The van der Waals surface area contributed by atoms with Crippen LogP contribution in [0.3, 0.4) is 0 Å². The monoisotopic (exact) mass is 454 g/mol. The van der Waals surface area contributed by atoms with E-state index < -0.39 is 11.4 Å². The standard InChI is InChI=1S/C28H42N2O3/c31-26(32)28(12-7-13-28)20-30-16-14-27(15-17-30,21-33-23-10-5-2-6-11-23)19-29-25-18-24(25)22-8-3-1-4-9-22/h1,3-4,8-9,23-25,29H,2,5-7,10-21H2,(H,31,32)/t24-,25?/m0/s1. The van der Waals surface area contributed by atoms with Gasteiger partial charge in [-0.2, -0.15) is 0 Å². The summed E-state index contributed by atoms with van der Waals surface area (Å²) < 4.78 is 6.54. The molecule has 3 aliphatic carbocycles. The maximum atomic E-state index is 11.9. The first-order chi connectivity index (χ1) is 16.1. The molecule has 1 saturated heterocycles. The third kappa shape index (κ3) is 5.47. The quantitative estimate of drug-likeness (QED) is 0.531. The summed E-state index contributed by atoms with van der Waals surface area (Å²) in [7, 11) is 0. The number of aliphatic carboxylic acids is 1. The van der Waals surface area contributed by atoms with Crippen LogP contribution in [0.25, 0.3) is 0 Å². The Morgan fingerprint density at radius 3 is 2.39 bits per heavy atom. The van der Waals surface area contributed by atoms with Gasteiger partial charge in [-0.15, -0.1) is 0 Å². The third-order valence-corrected chi connectivity index (χ3v) is 9.14. The molecule has 0 amide bonds. The fourth-order valence-electron chi connectivity index (χ4n) is 6.39. The molecule has 5 rings (SSSR count). The number of nitrogens with zero attached hydrogens (tertiary/aromatic N) is 1. The molecule has 4 fully saturated rings. The molecule has 3 saturated carbocycles. The molecule has 1 aromatic rings. The normalized spacial score (nSPS) is 29.3. The Bertz CT molecular complexity index is 780. The summed E-state index contributed by atoms with van der Waals surface area (Å²) in [4.78, 5) is 14.3. The number of nitrogens with one attached hydrogen (secondary N) is 1. The minimum atomic E-state index is -0.589. The fourth-order valence-corrected chi connectivity index (χ4v) is 6.39. The third-order valence-electron chi connectivity index (χ3n) is 9.14. The molecule has 1 aromatic carbocycles. The molecule has 2 atom stereocenters. The van der Waals surface area contributed by atoms with Crippen LogP contribution in [0.5, 0.6) is 0 Å². The number of ether oxygens (including phenoxy) is 1. The van der Waals surface area contributed by atoms with Gasteiger partial charge in [-0.3, -0.25) is 4.79 Å². The smallest absolute Gasteiger partial charge is 0.310 e. The van der Waals surface area contributed by atoms with Gasteiger partial charge in [0.15, 0.2) is 0 Å². The second kappa shape index (κ2) is 10.1. The molecular weight excluding hydrogens is 412 g/mol. The zero-order valence-corrected chi connectivity index (χ0v) is 20.1. The van der Waals surface area contributed by atoms with E-state index in [1.54, 1.807) is 0 Å². The van der Waals surface area contributed by atoms with Crippen LogP contribution in [0.4, 0.5) is 0 Å². The average molecular weight is 455 g/mol. The molecular formula is C28H42N2O3. The zero-order chi connectivity index (χ0) is 22.7. The van der Waals surface area contributed by atoms with Crippen LogP contribution < -0.4 is 5.32 Å². The van der Waals surface area contributed by atoms with Gasteiger partial charge in [0.05, 0.1) is 18.1 Å². The Balaban J connectivity index is 1.17. The Kier molecular flexibility index (Phi) is 7.10. The van der Waals surface area contributed by atoms with E-state index in [0.717, 1.165) is 64.9 Å². The number of benzene rings is 1. The topological polar surface area (TPSA) is 61.8 Å². The number of piperidine rings is 1. The largest absolute Gasteiger partial charge is 0.481 e. The Morgan fingerprint density at radius 2 is 1.76 bits per heavy atom. The van der Waals surface area contributed by atoms with Crippen LogP contribution in [0.15, 0.2) is 30.3 Å². The van der Waals surface area contributed by atoms with Crippen molar-refractivity contribution in [2.45, 2.75) is 88.7 Å². The molecule has 1 unspecified atom stereocenters. The van der Waals surface area contributed by atoms with Crippen molar-refractivity contribution < 1.29 is 14.6 Å². The van der Waals surface area contributed by atoms with Crippen molar-refractivity contribution >= 4 is 5.97 Å². The Hall–Kier alpha value is -1.43. The van der Waals surface area contributed by atoms with Gasteiger partial charge in [-0.05, 0) is 63.6 Å². The van der Waals surface area contributed by atoms with Crippen molar-refractivity contribution in [2.24, 2.45) is 10.8 Å². The summed E-state index contributed by atoms with van der Waals surface area (Å²) in [6.07, 6.45) is 13.0. The van der Waals surface area contributed by atoms with E-state index in [1.165, 1.54) is 44.1 Å². The molecule has 1 aliphatic heterocycles. The van der Waals surface area contributed by atoms with E-state index in [0.29, 0.717) is 18.1 Å². The lowest BCUT2D eigenvalue weighted by molar-refractivity contribution is -0.157. The van der Waals surface area contributed by atoms with E-state index in [9.17, 15) is 9.90 Å². The Labute approximate surface area is 199 Å². The van der Waals surface area contributed by atoms with Crippen molar-refractivity contribution in [3.8, 4) is 0 Å². The number of rotatable bonds is 10. The summed E-state index contributed by atoms with van der Waals surface area (Å²) in [5.74, 6) is 0.0604. The molecule has 0 bridgehead atoms. The molecule has 2 N–H and O–H groups in total. The molecule has 5 nitrogen and oxygen atoms in total. The van der Waals surface area contributed by atoms with E-state index >= 15 is 0 Å². The number of carbonyl (C=O) groups is 1. The van der Waals surface area contributed by atoms with Crippen LogP contribution in [-0.4, -0.2) is 60.9 Å². The SMILES string of the molecule is O=C(O)C1(CN2CCC(CNC3C[C@H]3c3ccccc3)(COC3CCCCC3)CC2)CCC1. The molecule has 5 heteroatoms. The van der Waals surface area contributed by atoms with Crippen molar-refractivity contribution in [1.82, 2.24) is 10.2 Å². The maximum Gasteiger partial charge on any atom is 0.310 e. The minimum absolute atomic E-state index is 0.174. The summed E-state index contributed by atoms with van der Waals surface area (Å²) in [6.45, 7) is 4.60.